The molecule has 0 atom stereocenters. The Labute approximate surface area is 129 Å². The SMILES string of the molecule is CC(C)(C)NCc1ccc(Cl)cc1Oc1ccccc1F. The van der Waals surface area contributed by atoms with Gasteiger partial charge in [-0.25, -0.2) is 4.39 Å². The molecule has 1 N–H and O–H groups in total. The number of hydrogen-bond acceptors (Lipinski definition) is 2. The predicted octanol–water partition coefficient (Wildman–Crippen LogP) is 5.16. The Hall–Kier alpha value is -1.58. The van der Waals surface area contributed by atoms with Crippen LogP contribution in [0.4, 0.5) is 4.39 Å². The fourth-order valence-corrected chi connectivity index (χ4v) is 1.94. The molecule has 21 heavy (non-hydrogen) atoms. The quantitative estimate of drug-likeness (QED) is 0.842. The second-order valence-corrected chi connectivity index (χ2v) is 6.32. The van der Waals surface area contributed by atoms with Crippen LogP contribution in [-0.4, -0.2) is 5.54 Å². The summed E-state index contributed by atoms with van der Waals surface area (Å²) in [6.07, 6.45) is 0. The maximum Gasteiger partial charge on any atom is 0.165 e. The van der Waals surface area contributed by atoms with E-state index in [1.54, 1.807) is 30.3 Å². The van der Waals surface area contributed by atoms with E-state index in [1.165, 1.54) is 6.07 Å². The molecule has 4 heteroatoms. The minimum Gasteiger partial charge on any atom is -0.454 e. The van der Waals surface area contributed by atoms with Crippen LogP contribution in [-0.2, 0) is 6.54 Å². The summed E-state index contributed by atoms with van der Waals surface area (Å²) in [4.78, 5) is 0. The standard InChI is InChI=1S/C17H19ClFNO/c1-17(2,3)20-11-12-8-9-13(18)10-16(12)21-15-7-5-4-6-14(15)19/h4-10,20H,11H2,1-3H3. The maximum absolute atomic E-state index is 13.7. The van der Waals surface area contributed by atoms with Crippen molar-refractivity contribution in [1.29, 1.82) is 0 Å². The van der Waals surface area contributed by atoms with Gasteiger partial charge in [-0.2, -0.15) is 0 Å². The van der Waals surface area contributed by atoms with Gasteiger partial charge in [0.05, 0.1) is 0 Å². The molecule has 0 unspecified atom stereocenters. The number of nitrogens with one attached hydrogen (secondary N) is 1. The average Bonchev–Trinajstić information content (AvgIpc) is 2.39. The van der Waals surface area contributed by atoms with Crippen molar-refractivity contribution in [3.63, 3.8) is 0 Å². The van der Waals surface area contributed by atoms with Gasteiger partial charge < -0.3 is 10.1 Å². The lowest BCUT2D eigenvalue weighted by molar-refractivity contribution is 0.407. The largest absolute Gasteiger partial charge is 0.454 e. The first-order chi connectivity index (χ1) is 9.85. The number of benzene rings is 2. The van der Waals surface area contributed by atoms with E-state index in [0.717, 1.165) is 5.56 Å². The van der Waals surface area contributed by atoms with Gasteiger partial charge in [-0.3, -0.25) is 0 Å². The topological polar surface area (TPSA) is 21.3 Å². The molecule has 0 aliphatic heterocycles. The van der Waals surface area contributed by atoms with E-state index in [-0.39, 0.29) is 11.3 Å². The number of ether oxygens (including phenoxy) is 1. The lowest BCUT2D eigenvalue weighted by Gasteiger charge is -2.21. The third kappa shape index (κ3) is 4.73. The molecule has 2 rings (SSSR count). The highest BCUT2D eigenvalue weighted by molar-refractivity contribution is 6.30. The van der Waals surface area contributed by atoms with E-state index < -0.39 is 5.82 Å². The van der Waals surface area contributed by atoms with Gasteiger partial charge in [-0.1, -0.05) is 29.8 Å². The molecule has 0 aromatic heterocycles. The summed E-state index contributed by atoms with van der Waals surface area (Å²) in [5.74, 6) is 0.355. The summed E-state index contributed by atoms with van der Waals surface area (Å²) in [5.41, 5.74) is 0.909. The van der Waals surface area contributed by atoms with Gasteiger partial charge in [0.1, 0.15) is 5.75 Å². The Balaban J connectivity index is 2.25. The summed E-state index contributed by atoms with van der Waals surface area (Å²) in [7, 11) is 0. The molecular formula is C17H19ClFNO. The van der Waals surface area contributed by atoms with Gasteiger partial charge in [-0.15, -0.1) is 0 Å². The molecule has 0 spiro atoms. The van der Waals surface area contributed by atoms with Crippen LogP contribution in [0, 0.1) is 5.82 Å². The number of hydrogen-bond donors (Lipinski definition) is 1. The maximum atomic E-state index is 13.7. The Kier molecular flexibility index (Phi) is 4.86. The fraction of sp³-hybridized carbons (Fsp3) is 0.294. The number of rotatable bonds is 4. The van der Waals surface area contributed by atoms with Crippen molar-refractivity contribution in [2.24, 2.45) is 0 Å². The molecule has 0 saturated heterocycles. The van der Waals surface area contributed by atoms with E-state index in [1.807, 2.05) is 6.07 Å². The predicted molar refractivity (Wildman–Crippen MR) is 84.5 cm³/mol. The molecule has 0 amide bonds. The van der Waals surface area contributed by atoms with Crippen LogP contribution in [0.3, 0.4) is 0 Å². The first kappa shape index (κ1) is 15.8. The van der Waals surface area contributed by atoms with Crippen molar-refractivity contribution < 1.29 is 9.13 Å². The third-order valence-corrected chi connectivity index (χ3v) is 3.13. The van der Waals surface area contributed by atoms with Crippen LogP contribution in [0.15, 0.2) is 42.5 Å². The number of para-hydroxylation sites is 1. The molecule has 0 heterocycles. The highest BCUT2D eigenvalue weighted by atomic mass is 35.5. The Morgan fingerprint density at radius 2 is 1.81 bits per heavy atom. The van der Waals surface area contributed by atoms with E-state index in [2.05, 4.69) is 26.1 Å². The molecule has 2 aromatic carbocycles. The Morgan fingerprint density at radius 3 is 2.48 bits per heavy atom. The summed E-state index contributed by atoms with van der Waals surface area (Å²) < 4.78 is 19.4. The smallest absolute Gasteiger partial charge is 0.165 e. The van der Waals surface area contributed by atoms with Crippen LogP contribution < -0.4 is 10.1 Å². The lowest BCUT2D eigenvalue weighted by Crippen LogP contribution is -2.35. The van der Waals surface area contributed by atoms with E-state index in [9.17, 15) is 4.39 Å². The molecule has 0 aliphatic carbocycles. The molecule has 0 bridgehead atoms. The molecule has 0 fully saturated rings. The molecule has 0 radical (unpaired) electrons. The molecule has 2 aromatic rings. The monoisotopic (exact) mass is 307 g/mol. The Bertz CT molecular complexity index is 622. The van der Waals surface area contributed by atoms with Crippen LogP contribution in [0.25, 0.3) is 0 Å². The van der Waals surface area contributed by atoms with Gasteiger partial charge in [0.15, 0.2) is 11.6 Å². The van der Waals surface area contributed by atoms with Gasteiger partial charge in [0.25, 0.3) is 0 Å². The normalized spacial score (nSPS) is 11.5. The second kappa shape index (κ2) is 6.46. The van der Waals surface area contributed by atoms with Crippen molar-refractivity contribution in [2.45, 2.75) is 32.9 Å². The highest BCUT2D eigenvalue weighted by Gasteiger charge is 2.13. The zero-order valence-corrected chi connectivity index (χ0v) is 13.2. The molecule has 2 nitrogen and oxygen atoms in total. The van der Waals surface area contributed by atoms with E-state index >= 15 is 0 Å². The van der Waals surface area contributed by atoms with Crippen molar-refractivity contribution >= 4 is 11.6 Å². The van der Waals surface area contributed by atoms with Crippen LogP contribution in [0.1, 0.15) is 26.3 Å². The summed E-state index contributed by atoms with van der Waals surface area (Å²) in [6, 6.07) is 11.7. The number of halogens is 2. The fourth-order valence-electron chi connectivity index (χ4n) is 1.78. The zero-order chi connectivity index (χ0) is 15.5. The highest BCUT2D eigenvalue weighted by Crippen LogP contribution is 2.30. The zero-order valence-electron chi connectivity index (χ0n) is 12.4. The van der Waals surface area contributed by atoms with Gasteiger partial charge >= 0.3 is 0 Å². The van der Waals surface area contributed by atoms with E-state index in [0.29, 0.717) is 17.3 Å². The second-order valence-electron chi connectivity index (χ2n) is 5.89. The van der Waals surface area contributed by atoms with E-state index in [4.69, 9.17) is 16.3 Å². The third-order valence-electron chi connectivity index (χ3n) is 2.89. The van der Waals surface area contributed by atoms with Crippen LogP contribution in [0.2, 0.25) is 5.02 Å². The van der Waals surface area contributed by atoms with Crippen molar-refractivity contribution in [2.75, 3.05) is 0 Å². The lowest BCUT2D eigenvalue weighted by atomic mass is 10.1. The van der Waals surface area contributed by atoms with Crippen LogP contribution >= 0.6 is 11.6 Å². The molecule has 0 saturated carbocycles. The molecule has 0 aliphatic rings. The van der Waals surface area contributed by atoms with Gasteiger partial charge in [0, 0.05) is 22.7 Å². The molecule has 112 valence electrons. The average molecular weight is 308 g/mol. The summed E-state index contributed by atoms with van der Waals surface area (Å²) in [6.45, 7) is 6.87. The van der Waals surface area contributed by atoms with Crippen molar-refractivity contribution in [3.8, 4) is 11.5 Å². The van der Waals surface area contributed by atoms with Gasteiger partial charge in [0.2, 0.25) is 0 Å². The van der Waals surface area contributed by atoms with Crippen LogP contribution in [0.5, 0.6) is 11.5 Å². The first-order valence-electron chi connectivity index (χ1n) is 6.81. The van der Waals surface area contributed by atoms with Gasteiger partial charge in [-0.05, 0) is 45.0 Å². The van der Waals surface area contributed by atoms with Crippen molar-refractivity contribution in [3.05, 3.63) is 58.9 Å². The Morgan fingerprint density at radius 1 is 1.10 bits per heavy atom. The van der Waals surface area contributed by atoms with Crippen molar-refractivity contribution in [1.82, 2.24) is 5.32 Å². The molecular weight excluding hydrogens is 289 g/mol. The first-order valence-corrected chi connectivity index (χ1v) is 7.19. The minimum atomic E-state index is -0.396. The minimum absolute atomic E-state index is 0.0189. The summed E-state index contributed by atoms with van der Waals surface area (Å²) >= 11 is 6.02. The summed E-state index contributed by atoms with van der Waals surface area (Å²) in [5, 5.41) is 3.94.